The van der Waals surface area contributed by atoms with E-state index >= 15 is 0 Å². The lowest BCUT2D eigenvalue weighted by Gasteiger charge is -2.12. The topological polar surface area (TPSA) is 8.24 Å². The number of pyridine rings is 1. The molecular formula is C22H21N2+. The van der Waals surface area contributed by atoms with Gasteiger partial charge in [-0.3, -0.25) is 0 Å². The number of benzene rings is 2. The van der Waals surface area contributed by atoms with Gasteiger partial charge in [-0.25, -0.2) is 9.41 Å². The molecule has 0 spiro atoms. The first-order chi connectivity index (χ1) is 13.9. The van der Waals surface area contributed by atoms with Gasteiger partial charge in [-0.1, -0.05) is 30.3 Å². The predicted molar refractivity (Wildman–Crippen MR) is 99.0 cm³/mol. The van der Waals surface area contributed by atoms with Crippen LogP contribution >= 0.6 is 0 Å². The van der Waals surface area contributed by atoms with E-state index in [1.54, 1.807) is 60.3 Å². The Morgan fingerprint density at radius 2 is 1.75 bits per heavy atom. The normalized spacial score (nSPS) is 15.2. The van der Waals surface area contributed by atoms with Crippen LogP contribution in [0.1, 0.15) is 24.9 Å². The minimum Gasteiger partial charge on any atom is -0.238 e. The van der Waals surface area contributed by atoms with Crippen molar-refractivity contribution in [2.24, 2.45) is 7.05 Å². The van der Waals surface area contributed by atoms with Gasteiger partial charge in [-0.15, -0.1) is 0 Å². The molecule has 0 N–H and O–H groups in total. The highest BCUT2D eigenvalue weighted by atomic mass is 14.9. The van der Waals surface area contributed by atoms with E-state index in [2.05, 4.69) is 4.85 Å². The second-order valence-corrected chi connectivity index (χ2v) is 5.79. The summed E-state index contributed by atoms with van der Waals surface area (Å²) in [5.74, 6) is 0. The van der Waals surface area contributed by atoms with Crippen molar-refractivity contribution in [3.8, 4) is 22.4 Å². The quantitative estimate of drug-likeness (QED) is 0.446. The van der Waals surface area contributed by atoms with Gasteiger partial charge in [0.1, 0.15) is 7.05 Å². The fraction of sp³-hybridized carbons (Fsp3) is 0.182. The van der Waals surface area contributed by atoms with Crippen LogP contribution in [0.2, 0.25) is 0 Å². The standard InChI is InChI=1S/C22H21N2/c1-15-6-11-22(24(5)14-15)21-13-20(16(2)12-17(21)3)18-7-9-19(23-4)10-8-18/h6-14H,1-3,5H3/q+1/i1D3,2D3. The Hall–Kier alpha value is -2.92. The third kappa shape index (κ3) is 2.94. The van der Waals surface area contributed by atoms with Gasteiger partial charge in [-0.05, 0) is 55.0 Å². The van der Waals surface area contributed by atoms with Crippen LogP contribution < -0.4 is 4.57 Å². The molecule has 2 aromatic carbocycles. The van der Waals surface area contributed by atoms with Crippen molar-refractivity contribution in [3.05, 3.63) is 82.8 Å². The van der Waals surface area contributed by atoms with E-state index in [1.165, 1.54) is 0 Å². The zero-order valence-electron chi connectivity index (χ0n) is 19.6. The van der Waals surface area contributed by atoms with Gasteiger partial charge in [0.05, 0.1) is 6.57 Å². The molecule has 118 valence electrons. The molecule has 2 nitrogen and oxygen atoms in total. The molecule has 0 fully saturated rings. The Kier molecular flexibility index (Phi) is 2.64. The fourth-order valence-corrected chi connectivity index (χ4v) is 2.83. The third-order valence-electron chi connectivity index (χ3n) is 4.08. The lowest BCUT2D eigenvalue weighted by molar-refractivity contribution is -0.660. The van der Waals surface area contributed by atoms with Crippen LogP contribution in [0.4, 0.5) is 5.69 Å². The highest BCUT2D eigenvalue weighted by Crippen LogP contribution is 2.32. The van der Waals surface area contributed by atoms with Crippen molar-refractivity contribution >= 4 is 5.69 Å². The molecule has 1 aromatic heterocycles. The third-order valence-corrected chi connectivity index (χ3v) is 4.08. The van der Waals surface area contributed by atoms with Crippen LogP contribution in [0, 0.1) is 27.2 Å². The summed E-state index contributed by atoms with van der Waals surface area (Å²) in [5.41, 5.74) is 4.58. The largest absolute Gasteiger partial charge is 0.238 e. The molecule has 3 rings (SSSR count). The zero-order chi connectivity index (χ0) is 22.3. The molecule has 0 amide bonds. The summed E-state index contributed by atoms with van der Waals surface area (Å²) >= 11 is 0. The monoisotopic (exact) mass is 319 g/mol. The number of aromatic nitrogens is 1. The second kappa shape index (κ2) is 6.29. The summed E-state index contributed by atoms with van der Waals surface area (Å²) in [4.78, 5) is 3.38. The Morgan fingerprint density at radius 3 is 2.38 bits per heavy atom. The van der Waals surface area contributed by atoms with Crippen LogP contribution in [-0.4, -0.2) is 0 Å². The minimum absolute atomic E-state index is 0.237. The smallest absolute Gasteiger partial charge is 0.212 e. The Labute approximate surface area is 152 Å². The van der Waals surface area contributed by atoms with E-state index in [4.69, 9.17) is 14.8 Å². The number of nitrogens with zero attached hydrogens (tertiary/aromatic N) is 2. The number of aryl methyl sites for hydroxylation is 4. The average Bonchev–Trinajstić information content (AvgIpc) is 2.67. The first-order valence-corrected chi connectivity index (χ1v) is 7.55. The van der Waals surface area contributed by atoms with Crippen LogP contribution in [0.15, 0.2) is 54.7 Å². The van der Waals surface area contributed by atoms with E-state index in [0.29, 0.717) is 16.8 Å². The first kappa shape index (κ1) is 10.1. The maximum Gasteiger partial charge on any atom is 0.212 e. The van der Waals surface area contributed by atoms with E-state index in [0.717, 1.165) is 16.8 Å². The molecule has 3 aromatic rings. The van der Waals surface area contributed by atoms with Crippen LogP contribution in [0.5, 0.6) is 0 Å². The molecule has 24 heavy (non-hydrogen) atoms. The molecule has 2 heteroatoms. The van der Waals surface area contributed by atoms with Crippen molar-refractivity contribution < 1.29 is 12.8 Å². The molecule has 0 aliphatic heterocycles. The predicted octanol–water partition coefficient (Wildman–Crippen LogP) is 5.32. The molecule has 0 saturated heterocycles. The van der Waals surface area contributed by atoms with Crippen molar-refractivity contribution in [1.82, 2.24) is 0 Å². The van der Waals surface area contributed by atoms with Gasteiger partial charge in [0.2, 0.25) is 5.69 Å². The van der Waals surface area contributed by atoms with Crippen LogP contribution in [-0.2, 0) is 7.05 Å². The molecule has 0 atom stereocenters. The molecule has 1 heterocycles. The first-order valence-electron chi connectivity index (χ1n) is 10.6. The second-order valence-electron chi connectivity index (χ2n) is 5.79. The number of rotatable bonds is 2. The molecule has 0 unspecified atom stereocenters. The summed E-state index contributed by atoms with van der Waals surface area (Å²) in [6.07, 6.45) is 1.57. The Balaban J connectivity index is 2.24. The number of hydrogen-bond acceptors (Lipinski definition) is 0. The van der Waals surface area contributed by atoms with Gasteiger partial charge in [-0.2, -0.15) is 0 Å². The number of hydrogen-bond donors (Lipinski definition) is 0. The molecule has 0 saturated carbocycles. The van der Waals surface area contributed by atoms with Gasteiger partial charge in [0.15, 0.2) is 11.9 Å². The summed E-state index contributed by atoms with van der Waals surface area (Å²) < 4.78 is 48.4. The summed E-state index contributed by atoms with van der Waals surface area (Å²) in [7, 11) is 1.77. The summed E-state index contributed by atoms with van der Waals surface area (Å²) in [6.45, 7) is 4.45. The highest BCUT2D eigenvalue weighted by molar-refractivity contribution is 5.76. The van der Waals surface area contributed by atoms with Gasteiger partial charge < -0.3 is 0 Å². The maximum absolute atomic E-state index is 7.97. The van der Waals surface area contributed by atoms with Crippen molar-refractivity contribution in [3.63, 3.8) is 0 Å². The zero-order valence-corrected chi connectivity index (χ0v) is 13.6. The minimum atomic E-state index is -2.30. The summed E-state index contributed by atoms with van der Waals surface area (Å²) in [5, 5.41) is 0. The Morgan fingerprint density at radius 1 is 0.958 bits per heavy atom. The van der Waals surface area contributed by atoms with E-state index < -0.39 is 13.7 Å². The van der Waals surface area contributed by atoms with Crippen molar-refractivity contribution in [2.75, 3.05) is 0 Å². The van der Waals surface area contributed by atoms with Crippen LogP contribution in [0.3, 0.4) is 0 Å². The Bertz CT molecular complexity index is 1140. The molecule has 0 aliphatic rings. The lowest BCUT2D eigenvalue weighted by Crippen LogP contribution is -2.31. The van der Waals surface area contributed by atoms with E-state index in [-0.39, 0.29) is 11.1 Å². The van der Waals surface area contributed by atoms with E-state index in [9.17, 15) is 0 Å². The summed E-state index contributed by atoms with van der Waals surface area (Å²) in [6, 6.07) is 13.6. The molecule has 0 radical (unpaired) electrons. The van der Waals surface area contributed by atoms with Crippen molar-refractivity contribution in [2.45, 2.75) is 20.6 Å². The average molecular weight is 319 g/mol. The van der Waals surface area contributed by atoms with Gasteiger partial charge in [0, 0.05) is 25.4 Å². The van der Waals surface area contributed by atoms with Gasteiger partial charge in [0.25, 0.3) is 0 Å². The van der Waals surface area contributed by atoms with E-state index in [1.807, 2.05) is 13.0 Å². The molecular weight excluding hydrogens is 292 g/mol. The maximum atomic E-state index is 7.97. The van der Waals surface area contributed by atoms with Crippen LogP contribution in [0.25, 0.3) is 27.2 Å². The molecule has 0 aliphatic carbocycles. The van der Waals surface area contributed by atoms with Crippen molar-refractivity contribution in [1.29, 1.82) is 0 Å². The fourth-order valence-electron chi connectivity index (χ4n) is 2.83. The lowest BCUT2D eigenvalue weighted by atomic mass is 9.93. The molecule has 0 bridgehead atoms. The van der Waals surface area contributed by atoms with Gasteiger partial charge >= 0.3 is 0 Å². The highest BCUT2D eigenvalue weighted by Gasteiger charge is 2.15. The SMILES string of the molecule is [2H]C([2H])([2H])c1ccc(-c2cc(-c3ccc([N+]#[C-])cc3)c(C([2H])([2H])[2H])cc2C)[n+](C)c1.